The van der Waals surface area contributed by atoms with Gasteiger partial charge in [0.1, 0.15) is 5.69 Å². The SMILES string of the molecule is CCC(=Nc1cnn(C2CCN(C(C)C)CC2)c1)c1c(O)[nH]c2ccc(C(=O)NOC)cc12. The van der Waals surface area contributed by atoms with Crippen molar-refractivity contribution in [2.24, 2.45) is 4.99 Å². The average molecular weight is 453 g/mol. The molecular formula is C24H32N6O3. The number of amides is 1. The van der Waals surface area contributed by atoms with Crippen LogP contribution in [0.5, 0.6) is 5.88 Å². The summed E-state index contributed by atoms with van der Waals surface area (Å²) < 4.78 is 2.02. The molecule has 3 N–H and O–H groups in total. The maximum Gasteiger partial charge on any atom is 0.274 e. The summed E-state index contributed by atoms with van der Waals surface area (Å²) in [6.45, 7) is 8.61. The minimum absolute atomic E-state index is 0.0309. The lowest BCUT2D eigenvalue weighted by molar-refractivity contribution is 0.0538. The normalized spacial score (nSPS) is 16.1. The van der Waals surface area contributed by atoms with Gasteiger partial charge >= 0.3 is 0 Å². The van der Waals surface area contributed by atoms with Gasteiger partial charge in [-0.25, -0.2) is 10.5 Å². The Labute approximate surface area is 193 Å². The number of nitrogens with zero attached hydrogens (tertiary/aromatic N) is 4. The Morgan fingerprint density at radius 3 is 2.79 bits per heavy atom. The maximum atomic E-state index is 12.2. The zero-order valence-corrected chi connectivity index (χ0v) is 19.6. The molecule has 0 spiro atoms. The number of aromatic amines is 1. The number of rotatable bonds is 7. The lowest BCUT2D eigenvalue weighted by Crippen LogP contribution is -2.39. The molecule has 1 aromatic carbocycles. The molecule has 4 rings (SSSR count). The lowest BCUT2D eigenvalue weighted by Gasteiger charge is -2.34. The van der Waals surface area contributed by atoms with Crippen molar-refractivity contribution in [2.75, 3.05) is 20.2 Å². The highest BCUT2D eigenvalue weighted by molar-refractivity contribution is 6.14. The highest BCUT2D eigenvalue weighted by Gasteiger charge is 2.23. The van der Waals surface area contributed by atoms with Crippen LogP contribution in [-0.4, -0.2) is 62.6 Å². The van der Waals surface area contributed by atoms with Crippen LogP contribution in [0, 0.1) is 0 Å². The van der Waals surface area contributed by atoms with Crippen LogP contribution >= 0.6 is 0 Å². The van der Waals surface area contributed by atoms with Crippen molar-refractivity contribution in [3.05, 3.63) is 41.7 Å². The fourth-order valence-electron chi connectivity index (χ4n) is 4.48. The number of aromatic hydroxyl groups is 1. The number of hydrogen-bond acceptors (Lipinski definition) is 6. The van der Waals surface area contributed by atoms with Gasteiger partial charge in [-0.1, -0.05) is 6.92 Å². The first kappa shape index (κ1) is 23.0. The molecule has 3 heterocycles. The van der Waals surface area contributed by atoms with Crippen molar-refractivity contribution in [2.45, 2.75) is 52.1 Å². The minimum Gasteiger partial charge on any atom is -0.494 e. The largest absolute Gasteiger partial charge is 0.494 e. The van der Waals surface area contributed by atoms with Crippen molar-refractivity contribution >= 4 is 28.2 Å². The molecular weight excluding hydrogens is 420 g/mol. The van der Waals surface area contributed by atoms with E-state index < -0.39 is 0 Å². The quantitative estimate of drug-likeness (QED) is 0.372. The average Bonchev–Trinajstić information content (AvgIpc) is 3.41. The molecule has 0 radical (unpaired) electrons. The number of aromatic nitrogens is 3. The van der Waals surface area contributed by atoms with E-state index in [0.29, 0.717) is 29.6 Å². The van der Waals surface area contributed by atoms with Crippen LogP contribution in [-0.2, 0) is 4.84 Å². The van der Waals surface area contributed by atoms with Gasteiger partial charge < -0.3 is 15.0 Å². The van der Waals surface area contributed by atoms with Crippen molar-refractivity contribution < 1.29 is 14.7 Å². The number of carbonyl (C=O) groups excluding carboxylic acids is 1. The number of nitrogens with one attached hydrogen (secondary N) is 2. The Bertz CT molecular complexity index is 1150. The van der Waals surface area contributed by atoms with E-state index in [0.717, 1.165) is 48.2 Å². The molecule has 9 heteroatoms. The van der Waals surface area contributed by atoms with Gasteiger partial charge in [0.15, 0.2) is 5.88 Å². The lowest BCUT2D eigenvalue weighted by atomic mass is 10.0. The zero-order valence-electron chi connectivity index (χ0n) is 19.6. The van der Waals surface area contributed by atoms with Crippen molar-refractivity contribution in [1.29, 1.82) is 0 Å². The summed E-state index contributed by atoms with van der Waals surface area (Å²) in [5, 5.41) is 15.9. The molecule has 0 saturated carbocycles. The molecule has 0 bridgehead atoms. The van der Waals surface area contributed by atoms with Gasteiger partial charge in [0.05, 0.1) is 36.8 Å². The van der Waals surface area contributed by atoms with Gasteiger partial charge in [-0.2, -0.15) is 5.10 Å². The van der Waals surface area contributed by atoms with Crippen LogP contribution in [0.2, 0.25) is 0 Å². The summed E-state index contributed by atoms with van der Waals surface area (Å²) >= 11 is 0. The Morgan fingerprint density at radius 1 is 1.36 bits per heavy atom. The van der Waals surface area contributed by atoms with Gasteiger partial charge in [0.2, 0.25) is 0 Å². The molecule has 176 valence electrons. The van der Waals surface area contributed by atoms with Crippen LogP contribution in [0.25, 0.3) is 10.9 Å². The van der Waals surface area contributed by atoms with Crippen LogP contribution in [0.3, 0.4) is 0 Å². The highest BCUT2D eigenvalue weighted by Crippen LogP contribution is 2.31. The number of benzene rings is 1. The molecule has 0 aliphatic carbocycles. The summed E-state index contributed by atoms with van der Waals surface area (Å²) in [7, 11) is 1.39. The van der Waals surface area contributed by atoms with Gasteiger partial charge in [0.25, 0.3) is 5.91 Å². The predicted molar refractivity (Wildman–Crippen MR) is 128 cm³/mol. The van der Waals surface area contributed by atoms with E-state index >= 15 is 0 Å². The summed E-state index contributed by atoms with van der Waals surface area (Å²) in [4.78, 5) is 27.2. The summed E-state index contributed by atoms with van der Waals surface area (Å²) in [5.41, 5.74) is 5.55. The fourth-order valence-corrected chi connectivity index (χ4v) is 4.48. The summed E-state index contributed by atoms with van der Waals surface area (Å²) in [6.07, 6.45) is 6.49. The Hall–Kier alpha value is -3.17. The number of aliphatic imine (C=N–C) groups is 1. The number of likely N-dealkylation sites (tertiary alicyclic amines) is 1. The van der Waals surface area contributed by atoms with E-state index in [4.69, 9.17) is 9.83 Å². The molecule has 0 atom stereocenters. The molecule has 9 nitrogen and oxygen atoms in total. The van der Waals surface area contributed by atoms with E-state index in [2.05, 4.69) is 34.3 Å². The molecule has 3 aromatic rings. The third-order valence-corrected chi connectivity index (χ3v) is 6.31. The predicted octanol–water partition coefficient (Wildman–Crippen LogP) is 3.94. The third-order valence-electron chi connectivity index (χ3n) is 6.31. The van der Waals surface area contributed by atoms with Gasteiger partial charge in [0, 0.05) is 35.6 Å². The van der Waals surface area contributed by atoms with Crippen molar-refractivity contribution in [3.63, 3.8) is 0 Å². The second-order valence-electron chi connectivity index (χ2n) is 8.70. The monoisotopic (exact) mass is 452 g/mol. The Kier molecular flexibility index (Phi) is 6.80. The summed E-state index contributed by atoms with van der Waals surface area (Å²) in [5.74, 6) is -0.325. The van der Waals surface area contributed by atoms with Crippen LogP contribution in [0.1, 0.15) is 62.0 Å². The molecule has 33 heavy (non-hydrogen) atoms. The molecule has 1 aliphatic heterocycles. The van der Waals surface area contributed by atoms with E-state index in [1.807, 2.05) is 17.8 Å². The fraction of sp³-hybridized carbons (Fsp3) is 0.458. The molecule has 1 amide bonds. The number of hydroxylamine groups is 1. The zero-order chi connectivity index (χ0) is 23.5. The summed E-state index contributed by atoms with van der Waals surface area (Å²) in [6, 6.07) is 6.11. The van der Waals surface area contributed by atoms with Gasteiger partial charge in [-0.05, 0) is 51.3 Å². The van der Waals surface area contributed by atoms with Crippen LogP contribution in [0.4, 0.5) is 5.69 Å². The second-order valence-corrected chi connectivity index (χ2v) is 8.70. The van der Waals surface area contributed by atoms with E-state index in [-0.39, 0.29) is 11.8 Å². The highest BCUT2D eigenvalue weighted by atomic mass is 16.6. The van der Waals surface area contributed by atoms with Crippen molar-refractivity contribution in [3.8, 4) is 5.88 Å². The molecule has 1 fully saturated rings. The van der Waals surface area contributed by atoms with Crippen molar-refractivity contribution in [1.82, 2.24) is 25.1 Å². The third kappa shape index (κ3) is 4.79. The smallest absolute Gasteiger partial charge is 0.274 e. The maximum absolute atomic E-state index is 12.2. The van der Waals surface area contributed by atoms with Gasteiger partial charge in [-0.15, -0.1) is 0 Å². The number of piperidine rings is 1. The molecule has 1 aliphatic rings. The van der Waals surface area contributed by atoms with E-state index in [9.17, 15) is 9.90 Å². The Balaban J connectivity index is 1.61. The molecule has 0 unspecified atom stereocenters. The molecule has 2 aromatic heterocycles. The topological polar surface area (TPSA) is 108 Å². The number of carbonyl (C=O) groups is 1. The number of hydrogen-bond donors (Lipinski definition) is 3. The van der Waals surface area contributed by atoms with Gasteiger partial charge in [-0.3, -0.25) is 14.3 Å². The second kappa shape index (κ2) is 9.76. The first-order valence-corrected chi connectivity index (χ1v) is 11.4. The standard InChI is InChI=1S/C24H32N6O3/c1-5-20(22-19-12-16(23(31)28-33-4)6-7-21(19)27-24(22)32)26-17-13-25-30(14-17)18-8-10-29(11-9-18)15(2)3/h6-7,12-15,18,27,32H,5,8-11H2,1-4H3,(H,28,31). The van der Waals surface area contributed by atoms with Crippen LogP contribution < -0.4 is 5.48 Å². The minimum atomic E-state index is -0.356. The number of H-pyrrole nitrogens is 1. The first-order chi connectivity index (χ1) is 15.9. The molecule has 1 saturated heterocycles. The van der Waals surface area contributed by atoms with E-state index in [1.54, 1.807) is 24.4 Å². The number of fused-ring (bicyclic) bond motifs is 1. The Morgan fingerprint density at radius 2 is 2.12 bits per heavy atom. The van der Waals surface area contributed by atoms with E-state index in [1.165, 1.54) is 7.11 Å². The van der Waals surface area contributed by atoms with Crippen LogP contribution in [0.15, 0.2) is 35.6 Å². The first-order valence-electron chi connectivity index (χ1n) is 11.4.